The van der Waals surface area contributed by atoms with Crippen molar-refractivity contribution in [2.24, 2.45) is 13.0 Å². The van der Waals surface area contributed by atoms with Gasteiger partial charge in [-0.1, -0.05) is 18.2 Å². The number of anilines is 1. The van der Waals surface area contributed by atoms with Crippen LogP contribution >= 0.6 is 0 Å². The van der Waals surface area contributed by atoms with E-state index >= 15 is 0 Å². The fourth-order valence-corrected chi connectivity index (χ4v) is 3.73. The molecule has 3 aromatic rings. The number of nitrogens with zero attached hydrogens (tertiary/aromatic N) is 4. The SMILES string of the molecule is Cc1ccc(NC(=O)C2CCN(Cc3nc4ccccc4c(=O)n3C)CC2)nc1. The average Bonchev–Trinajstić information content (AvgIpc) is 2.74. The zero-order valence-corrected chi connectivity index (χ0v) is 16.8. The second kappa shape index (κ2) is 8.13. The number of amides is 1. The number of carbonyl (C=O) groups excluding carboxylic acids is 1. The Morgan fingerprint density at radius 2 is 1.93 bits per heavy atom. The smallest absolute Gasteiger partial charge is 0.261 e. The van der Waals surface area contributed by atoms with Crippen LogP contribution < -0.4 is 10.9 Å². The minimum absolute atomic E-state index is 0.0227. The van der Waals surface area contributed by atoms with Crippen molar-refractivity contribution in [2.75, 3.05) is 18.4 Å². The average molecular weight is 391 g/mol. The van der Waals surface area contributed by atoms with E-state index in [1.54, 1.807) is 23.9 Å². The predicted octanol–water partition coefficient (Wildman–Crippen LogP) is 2.49. The zero-order chi connectivity index (χ0) is 20.4. The monoisotopic (exact) mass is 391 g/mol. The summed E-state index contributed by atoms with van der Waals surface area (Å²) in [6.07, 6.45) is 3.30. The number of hydrogen-bond acceptors (Lipinski definition) is 5. The van der Waals surface area contributed by atoms with E-state index in [0.29, 0.717) is 17.7 Å². The van der Waals surface area contributed by atoms with E-state index in [0.717, 1.165) is 42.8 Å². The largest absolute Gasteiger partial charge is 0.310 e. The van der Waals surface area contributed by atoms with E-state index in [1.807, 2.05) is 37.3 Å². The molecule has 0 aliphatic carbocycles. The van der Waals surface area contributed by atoms with Crippen molar-refractivity contribution in [3.63, 3.8) is 0 Å². The molecule has 0 saturated carbocycles. The molecular formula is C22H25N5O2. The molecule has 0 bridgehead atoms. The third-order valence-electron chi connectivity index (χ3n) is 5.56. The summed E-state index contributed by atoms with van der Waals surface area (Å²) in [6.45, 7) is 4.16. The summed E-state index contributed by atoms with van der Waals surface area (Å²) in [5, 5.41) is 3.55. The second-order valence-corrected chi connectivity index (χ2v) is 7.67. The first-order chi connectivity index (χ1) is 14.0. The first-order valence-corrected chi connectivity index (χ1v) is 9.92. The number of hydrogen-bond donors (Lipinski definition) is 1. The molecule has 0 radical (unpaired) electrons. The fraction of sp³-hybridized carbons (Fsp3) is 0.364. The summed E-state index contributed by atoms with van der Waals surface area (Å²) in [5.74, 6) is 1.35. The number of aromatic nitrogens is 3. The van der Waals surface area contributed by atoms with Crippen LogP contribution in [0.5, 0.6) is 0 Å². The van der Waals surface area contributed by atoms with Gasteiger partial charge in [-0.3, -0.25) is 19.1 Å². The Morgan fingerprint density at radius 1 is 1.17 bits per heavy atom. The Bertz CT molecular complexity index is 1080. The van der Waals surface area contributed by atoms with E-state index in [1.165, 1.54) is 0 Å². The summed E-state index contributed by atoms with van der Waals surface area (Å²) in [5.41, 5.74) is 1.77. The second-order valence-electron chi connectivity index (χ2n) is 7.67. The molecule has 0 spiro atoms. The molecule has 3 heterocycles. The maximum atomic E-state index is 12.6. The van der Waals surface area contributed by atoms with Crippen LogP contribution in [0.2, 0.25) is 0 Å². The highest BCUT2D eigenvalue weighted by Gasteiger charge is 2.26. The number of likely N-dealkylation sites (tertiary alicyclic amines) is 1. The van der Waals surface area contributed by atoms with Gasteiger partial charge in [0.1, 0.15) is 11.6 Å². The molecule has 4 rings (SSSR count). The first-order valence-electron chi connectivity index (χ1n) is 9.92. The molecule has 1 amide bonds. The lowest BCUT2D eigenvalue weighted by molar-refractivity contribution is -0.121. The van der Waals surface area contributed by atoms with Gasteiger partial charge < -0.3 is 5.32 Å². The molecule has 1 saturated heterocycles. The third kappa shape index (κ3) is 4.19. The van der Waals surface area contributed by atoms with Crippen LogP contribution in [0.25, 0.3) is 10.9 Å². The molecule has 1 aliphatic rings. The molecule has 150 valence electrons. The summed E-state index contributed by atoms with van der Waals surface area (Å²) in [6, 6.07) is 11.2. The standard InChI is InChI=1S/C22H25N5O2/c1-15-7-8-19(23-13-15)25-21(28)16-9-11-27(12-10-16)14-20-24-18-6-4-3-5-17(18)22(29)26(20)2/h3-8,13,16H,9-12,14H2,1-2H3,(H,23,25,28). The maximum absolute atomic E-state index is 12.6. The predicted molar refractivity (Wildman–Crippen MR) is 113 cm³/mol. The number of piperidine rings is 1. The van der Waals surface area contributed by atoms with Gasteiger partial charge >= 0.3 is 0 Å². The van der Waals surface area contributed by atoms with Crippen molar-refractivity contribution in [1.82, 2.24) is 19.4 Å². The number of nitrogens with one attached hydrogen (secondary N) is 1. The van der Waals surface area contributed by atoms with Crippen molar-refractivity contribution in [3.05, 3.63) is 64.3 Å². The molecule has 1 fully saturated rings. The van der Waals surface area contributed by atoms with Crippen molar-refractivity contribution in [1.29, 1.82) is 0 Å². The van der Waals surface area contributed by atoms with Crippen molar-refractivity contribution >= 4 is 22.6 Å². The molecule has 1 aliphatic heterocycles. The highest BCUT2D eigenvalue weighted by atomic mass is 16.2. The van der Waals surface area contributed by atoms with Gasteiger partial charge in [-0.15, -0.1) is 0 Å². The molecule has 2 aromatic heterocycles. The van der Waals surface area contributed by atoms with E-state index in [-0.39, 0.29) is 17.4 Å². The first kappa shape index (κ1) is 19.3. The molecule has 1 aromatic carbocycles. The highest BCUT2D eigenvalue weighted by molar-refractivity contribution is 5.91. The Balaban J connectivity index is 1.38. The molecule has 1 N–H and O–H groups in total. The molecule has 7 heteroatoms. The van der Waals surface area contributed by atoms with Gasteiger partial charge in [0.15, 0.2) is 0 Å². The Hall–Kier alpha value is -3.06. The normalized spacial score (nSPS) is 15.5. The number of benzene rings is 1. The quantitative estimate of drug-likeness (QED) is 0.739. The number of fused-ring (bicyclic) bond motifs is 1. The minimum Gasteiger partial charge on any atom is -0.310 e. The summed E-state index contributed by atoms with van der Waals surface area (Å²) in [4.78, 5) is 36.3. The van der Waals surface area contributed by atoms with E-state index < -0.39 is 0 Å². The van der Waals surface area contributed by atoms with Gasteiger partial charge in [-0.05, 0) is 56.6 Å². The summed E-state index contributed by atoms with van der Waals surface area (Å²) >= 11 is 0. The van der Waals surface area contributed by atoms with Crippen LogP contribution in [0, 0.1) is 12.8 Å². The Morgan fingerprint density at radius 3 is 2.66 bits per heavy atom. The van der Waals surface area contributed by atoms with Crippen molar-refractivity contribution in [3.8, 4) is 0 Å². The van der Waals surface area contributed by atoms with Crippen molar-refractivity contribution < 1.29 is 4.79 Å². The Kier molecular flexibility index (Phi) is 5.40. The van der Waals surface area contributed by atoms with Gasteiger partial charge in [0, 0.05) is 19.2 Å². The number of aryl methyl sites for hydroxylation is 1. The van der Waals surface area contributed by atoms with Gasteiger partial charge in [0.25, 0.3) is 5.56 Å². The fourth-order valence-electron chi connectivity index (χ4n) is 3.73. The van der Waals surface area contributed by atoms with E-state index in [9.17, 15) is 9.59 Å². The van der Waals surface area contributed by atoms with Gasteiger partial charge in [-0.2, -0.15) is 0 Å². The van der Waals surface area contributed by atoms with Crippen molar-refractivity contribution in [2.45, 2.75) is 26.3 Å². The van der Waals surface area contributed by atoms with E-state index in [2.05, 4.69) is 20.2 Å². The number of carbonyl (C=O) groups is 1. The minimum atomic E-state index is -0.0252. The topological polar surface area (TPSA) is 80.1 Å². The lowest BCUT2D eigenvalue weighted by Crippen LogP contribution is -2.39. The van der Waals surface area contributed by atoms with Crippen LogP contribution in [-0.4, -0.2) is 38.4 Å². The van der Waals surface area contributed by atoms with Crippen LogP contribution in [-0.2, 0) is 18.4 Å². The van der Waals surface area contributed by atoms with Gasteiger partial charge in [-0.25, -0.2) is 9.97 Å². The molecular weight excluding hydrogens is 366 g/mol. The Labute approximate surface area is 169 Å². The lowest BCUT2D eigenvalue weighted by Gasteiger charge is -2.31. The lowest BCUT2D eigenvalue weighted by atomic mass is 9.96. The third-order valence-corrected chi connectivity index (χ3v) is 5.56. The maximum Gasteiger partial charge on any atom is 0.261 e. The number of para-hydroxylation sites is 1. The molecule has 7 nitrogen and oxygen atoms in total. The summed E-state index contributed by atoms with van der Waals surface area (Å²) < 4.78 is 1.63. The van der Waals surface area contributed by atoms with Crippen LogP contribution in [0.1, 0.15) is 24.2 Å². The highest BCUT2D eigenvalue weighted by Crippen LogP contribution is 2.20. The molecule has 29 heavy (non-hydrogen) atoms. The number of rotatable bonds is 4. The molecule has 0 atom stereocenters. The summed E-state index contributed by atoms with van der Waals surface area (Å²) in [7, 11) is 1.77. The van der Waals surface area contributed by atoms with Crippen LogP contribution in [0.15, 0.2) is 47.4 Å². The van der Waals surface area contributed by atoms with Gasteiger partial charge in [0.2, 0.25) is 5.91 Å². The van der Waals surface area contributed by atoms with Gasteiger partial charge in [0.05, 0.1) is 17.4 Å². The zero-order valence-electron chi connectivity index (χ0n) is 16.8. The molecule has 0 unspecified atom stereocenters. The number of pyridine rings is 1. The van der Waals surface area contributed by atoms with Crippen LogP contribution in [0.4, 0.5) is 5.82 Å². The van der Waals surface area contributed by atoms with E-state index in [4.69, 9.17) is 0 Å². The van der Waals surface area contributed by atoms with Crippen LogP contribution in [0.3, 0.4) is 0 Å².